The van der Waals surface area contributed by atoms with Gasteiger partial charge in [0.05, 0.1) is 0 Å². The van der Waals surface area contributed by atoms with Gasteiger partial charge in [-0.05, 0) is 46.2 Å². The predicted octanol–water partition coefficient (Wildman–Crippen LogP) is 7.48. The van der Waals surface area contributed by atoms with Crippen LogP contribution < -0.4 is 0 Å². The van der Waals surface area contributed by atoms with Gasteiger partial charge >= 0.3 is 0 Å². The summed E-state index contributed by atoms with van der Waals surface area (Å²) < 4.78 is 0. The van der Waals surface area contributed by atoms with Gasteiger partial charge in [-0.25, -0.2) is 0 Å². The lowest BCUT2D eigenvalue weighted by Crippen LogP contribution is -2.10. The Kier molecular flexibility index (Phi) is 7.03. The maximum absolute atomic E-state index is 10.2. The van der Waals surface area contributed by atoms with Crippen molar-refractivity contribution in [1.29, 1.82) is 0 Å². The van der Waals surface area contributed by atoms with Crippen molar-refractivity contribution in [2.24, 2.45) is 9.98 Å². The van der Waals surface area contributed by atoms with E-state index in [0.29, 0.717) is 16.3 Å². The molecule has 3 aromatic rings. The van der Waals surface area contributed by atoms with Crippen molar-refractivity contribution in [3.8, 4) is 11.5 Å². The number of aliphatic imine (C=N–C) groups is 2. The van der Waals surface area contributed by atoms with Crippen LogP contribution in [0.15, 0.2) is 69.5 Å². The number of thiol groups is 1. The van der Waals surface area contributed by atoms with Crippen LogP contribution in [-0.2, 0) is 10.8 Å². The Hall–Kier alpha value is -3.05. The highest BCUT2D eigenvalue weighted by molar-refractivity contribution is 7.80. The Morgan fingerprint density at radius 2 is 1.06 bits per heavy atom. The molecule has 0 amide bonds. The fraction of sp³-hybridized carbons (Fsp3) is 0.286. The quantitative estimate of drug-likeness (QED) is 0.279. The second-order valence-corrected chi connectivity index (χ2v) is 10.7. The molecule has 0 heterocycles. The second-order valence-electron chi connectivity index (χ2n) is 10.2. The lowest BCUT2D eigenvalue weighted by molar-refractivity contribution is 0.475. The minimum Gasteiger partial charge on any atom is -0.506 e. The molecule has 0 unspecified atom stereocenters. The molecular weight excluding hydrogens is 428 g/mol. The van der Waals surface area contributed by atoms with Crippen molar-refractivity contribution < 1.29 is 10.2 Å². The molecular formula is C28H32N2O2S. The van der Waals surface area contributed by atoms with Crippen LogP contribution in [-0.4, -0.2) is 22.6 Å². The molecule has 0 aliphatic rings. The van der Waals surface area contributed by atoms with E-state index in [1.807, 2.05) is 42.5 Å². The third kappa shape index (κ3) is 6.05. The Bertz CT molecular complexity index is 1120. The molecule has 0 spiro atoms. The molecule has 0 aliphatic heterocycles. The van der Waals surface area contributed by atoms with Crippen LogP contribution in [0.3, 0.4) is 0 Å². The monoisotopic (exact) mass is 460 g/mol. The van der Waals surface area contributed by atoms with Gasteiger partial charge in [-0.15, -0.1) is 12.6 Å². The predicted molar refractivity (Wildman–Crippen MR) is 142 cm³/mol. The molecule has 3 aromatic carbocycles. The van der Waals surface area contributed by atoms with E-state index < -0.39 is 0 Å². The number of hydrogen-bond acceptors (Lipinski definition) is 5. The van der Waals surface area contributed by atoms with Crippen molar-refractivity contribution in [2.45, 2.75) is 57.3 Å². The van der Waals surface area contributed by atoms with Gasteiger partial charge < -0.3 is 10.2 Å². The molecule has 0 aliphatic carbocycles. The first-order chi connectivity index (χ1) is 15.4. The normalized spacial score (nSPS) is 12.7. The standard InChI is InChI=1S/C28H32N2O2S/c1-27(2,3)20-10-12-24(31)22(14-20)29-16-18-8-7-9-19(26(18)33)17-30-23-15-21(28(4,5)6)11-13-25(23)32/h7-17,31-33H,1-6H3. The largest absolute Gasteiger partial charge is 0.506 e. The van der Waals surface area contributed by atoms with Crippen molar-refractivity contribution in [3.63, 3.8) is 0 Å². The van der Waals surface area contributed by atoms with Crippen LogP contribution in [0.25, 0.3) is 0 Å². The highest BCUT2D eigenvalue weighted by atomic mass is 32.1. The maximum atomic E-state index is 10.2. The molecule has 33 heavy (non-hydrogen) atoms. The molecule has 0 radical (unpaired) electrons. The van der Waals surface area contributed by atoms with Crippen molar-refractivity contribution in [1.82, 2.24) is 0 Å². The lowest BCUT2D eigenvalue weighted by atomic mass is 9.87. The minimum absolute atomic E-state index is 0.0427. The number of benzene rings is 3. The van der Waals surface area contributed by atoms with E-state index in [1.54, 1.807) is 24.6 Å². The summed E-state index contributed by atoms with van der Waals surface area (Å²) in [5, 5.41) is 20.5. The highest BCUT2D eigenvalue weighted by Crippen LogP contribution is 2.34. The summed E-state index contributed by atoms with van der Waals surface area (Å²) in [5.41, 5.74) is 4.73. The average Bonchev–Trinajstić information content (AvgIpc) is 2.72. The third-order valence-corrected chi connectivity index (χ3v) is 5.98. The molecule has 172 valence electrons. The molecule has 0 bridgehead atoms. The van der Waals surface area contributed by atoms with Gasteiger partial charge in [-0.1, -0.05) is 71.9 Å². The molecule has 0 aromatic heterocycles. The van der Waals surface area contributed by atoms with Gasteiger partial charge in [0.2, 0.25) is 0 Å². The SMILES string of the molecule is CC(C)(C)c1ccc(O)c(N=Cc2cccc(C=Nc3cc(C(C)(C)C)ccc3O)c2S)c1. The Balaban J connectivity index is 1.91. The van der Waals surface area contributed by atoms with E-state index in [-0.39, 0.29) is 22.3 Å². The smallest absolute Gasteiger partial charge is 0.141 e. The summed E-state index contributed by atoms with van der Waals surface area (Å²) in [6.07, 6.45) is 3.39. The molecule has 3 rings (SSSR count). The number of nitrogens with zero attached hydrogens (tertiary/aromatic N) is 2. The van der Waals surface area contributed by atoms with E-state index in [4.69, 9.17) is 0 Å². The first-order valence-electron chi connectivity index (χ1n) is 10.9. The van der Waals surface area contributed by atoms with Crippen molar-refractivity contribution in [2.75, 3.05) is 0 Å². The fourth-order valence-corrected chi connectivity index (χ4v) is 3.52. The van der Waals surface area contributed by atoms with Crippen LogP contribution in [0.2, 0.25) is 0 Å². The Morgan fingerprint density at radius 1 is 0.667 bits per heavy atom. The summed E-state index contributed by atoms with van der Waals surface area (Å²) in [6.45, 7) is 12.7. The van der Waals surface area contributed by atoms with E-state index in [1.165, 1.54) is 0 Å². The van der Waals surface area contributed by atoms with E-state index in [0.717, 1.165) is 22.3 Å². The van der Waals surface area contributed by atoms with Crippen molar-refractivity contribution in [3.05, 3.63) is 76.9 Å². The number of phenols is 2. The summed E-state index contributed by atoms with van der Waals surface area (Å²) in [4.78, 5) is 9.74. The molecule has 2 N–H and O–H groups in total. The zero-order valence-electron chi connectivity index (χ0n) is 20.1. The molecule has 4 nitrogen and oxygen atoms in total. The molecule has 5 heteroatoms. The van der Waals surface area contributed by atoms with Crippen LogP contribution in [0, 0.1) is 0 Å². The zero-order valence-corrected chi connectivity index (χ0v) is 21.0. The number of rotatable bonds is 4. The first kappa shape index (κ1) is 24.6. The lowest BCUT2D eigenvalue weighted by Gasteiger charge is -2.19. The molecule has 0 saturated heterocycles. The van der Waals surface area contributed by atoms with E-state index in [9.17, 15) is 10.2 Å². The third-order valence-electron chi connectivity index (χ3n) is 5.47. The van der Waals surface area contributed by atoms with Crippen LogP contribution >= 0.6 is 12.6 Å². The highest BCUT2D eigenvalue weighted by Gasteiger charge is 2.16. The van der Waals surface area contributed by atoms with Gasteiger partial charge in [0.25, 0.3) is 0 Å². The van der Waals surface area contributed by atoms with Gasteiger partial charge in [-0.3, -0.25) is 9.98 Å². The van der Waals surface area contributed by atoms with Gasteiger partial charge in [0.15, 0.2) is 0 Å². The van der Waals surface area contributed by atoms with Crippen LogP contribution in [0.5, 0.6) is 11.5 Å². The number of aromatic hydroxyl groups is 2. The van der Waals surface area contributed by atoms with Gasteiger partial charge in [-0.2, -0.15) is 0 Å². The van der Waals surface area contributed by atoms with Crippen LogP contribution in [0.1, 0.15) is 63.8 Å². The van der Waals surface area contributed by atoms with Crippen molar-refractivity contribution >= 4 is 36.4 Å². The Labute approximate surface area is 202 Å². The summed E-state index contributed by atoms with van der Waals surface area (Å²) in [5.74, 6) is 0.263. The Morgan fingerprint density at radius 3 is 1.42 bits per heavy atom. The van der Waals surface area contributed by atoms with Crippen LogP contribution in [0.4, 0.5) is 11.4 Å². The molecule has 0 fully saturated rings. The number of hydrogen-bond donors (Lipinski definition) is 3. The summed E-state index contributed by atoms with van der Waals surface area (Å²) >= 11 is 4.68. The van der Waals surface area contributed by atoms with Gasteiger partial charge in [0, 0.05) is 28.5 Å². The second kappa shape index (κ2) is 9.44. The minimum atomic E-state index is -0.0427. The average molecular weight is 461 g/mol. The van der Waals surface area contributed by atoms with E-state index >= 15 is 0 Å². The summed E-state index contributed by atoms with van der Waals surface area (Å²) in [7, 11) is 0. The zero-order chi connectivity index (χ0) is 24.4. The maximum Gasteiger partial charge on any atom is 0.141 e. The topological polar surface area (TPSA) is 65.2 Å². The van der Waals surface area contributed by atoms with Gasteiger partial charge in [0.1, 0.15) is 22.9 Å². The van der Waals surface area contributed by atoms with E-state index in [2.05, 4.69) is 64.2 Å². The molecule has 0 atom stereocenters. The molecule has 0 saturated carbocycles. The summed E-state index contributed by atoms with van der Waals surface area (Å²) in [6, 6.07) is 16.7. The fourth-order valence-electron chi connectivity index (χ4n) is 3.25. The first-order valence-corrected chi connectivity index (χ1v) is 11.4. The number of phenolic OH excluding ortho intramolecular Hbond substituents is 2.